The Kier molecular flexibility index (Phi) is 7.04. The molecule has 0 bridgehead atoms. The van der Waals surface area contributed by atoms with E-state index in [1.165, 1.54) is 0 Å². The van der Waals surface area contributed by atoms with Crippen LogP contribution < -0.4 is 16.0 Å². The Bertz CT molecular complexity index is 528. The van der Waals surface area contributed by atoms with Crippen molar-refractivity contribution < 1.29 is 19.1 Å². The number of carbonyl (C=O) groups is 3. The molecule has 0 radical (unpaired) electrons. The Morgan fingerprint density at radius 1 is 1.18 bits per heavy atom. The van der Waals surface area contributed by atoms with Crippen LogP contribution in [-0.2, 0) is 14.3 Å². The molecule has 0 heterocycles. The number of hydrogen-bond acceptors (Lipinski definition) is 5. The maximum Gasteiger partial charge on any atom is 0.328 e. The summed E-state index contributed by atoms with van der Waals surface area (Å²) in [5, 5.41) is 7.97. The first-order chi connectivity index (χ1) is 10.5. The minimum Gasteiger partial charge on any atom is -0.464 e. The molecule has 2 amide bonds. The molecule has 1 atom stereocenters. The molecule has 0 aromatic heterocycles. The highest BCUT2D eigenvalue weighted by Gasteiger charge is 2.17. The summed E-state index contributed by atoms with van der Waals surface area (Å²) in [6.07, 6.45) is 0. The second kappa shape index (κ2) is 8.78. The van der Waals surface area contributed by atoms with Gasteiger partial charge in [0.2, 0.25) is 5.91 Å². The van der Waals surface area contributed by atoms with Crippen LogP contribution in [0.1, 0.15) is 24.2 Å². The second-order valence-electron chi connectivity index (χ2n) is 4.60. The van der Waals surface area contributed by atoms with Crippen molar-refractivity contribution in [2.24, 2.45) is 0 Å². The quantitative estimate of drug-likeness (QED) is 0.638. The molecule has 0 saturated heterocycles. The van der Waals surface area contributed by atoms with E-state index in [0.717, 1.165) is 0 Å². The number of nitrogens with one attached hydrogen (secondary N) is 3. The Morgan fingerprint density at radius 3 is 2.36 bits per heavy atom. The highest BCUT2D eigenvalue weighted by Crippen LogP contribution is 2.09. The zero-order valence-electron chi connectivity index (χ0n) is 12.9. The van der Waals surface area contributed by atoms with Gasteiger partial charge in [0.1, 0.15) is 6.04 Å². The van der Waals surface area contributed by atoms with Crippen molar-refractivity contribution in [3.8, 4) is 0 Å². The van der Waals surface area contributed by atoms with Gasteiger partial charge in [0.05, 0.1) is 13.2 Å². The summed E-state index contributed by atoms with van der Waals surface area (Å²) in [5.74, 6) is -1.03. The van der Waals surface area contributed by atoms with Gasteiger partial charge in [-0.1, -0.05) is 0 Å². The first kappa shape index (κ1) is 17.6. The Hall–Kier alpha value is -2.41. The maximum atomic E-state index is 12.0. The summed E-state index contributed by atoms with van der Waals surface area (Å²) in [6, 6.07) is 5.67. The van der Waals surface area contributed by atoms with E-state index in [4.69, 9.17) is 4.74 Å². The van der Waals surface area contributed by atoms with Gasteiger partial charge in [-0.2, -0.15) is 0 Å². The molecule has 0 saturated carbocycles. The van der Waals surface area contributed by atoms with Gasteiger partial charge in [-0.25, -0.2) is 4.79 Å². The Balaban J connectivity index is 2.60. The highest BCUT2D eigenvalue weighted by atomic mass is 16.5. The van der Waals surface area contributed by atoms with Crippen LogP contribution >= 0.6 is 0 Å². The molecular formula is C15H21N3O4. The van der Waals surface area contributed by atoms with E-state index in [1.807, 2.05) is 0 Å². The highest BCUT2D eigenvalue weighted by molar-refractivity contribution is 5.97. The van der Waals surface area contributed by atoms with Crippen molar-refractivity contribution in [3.05, 3.63) is 29.8 Å². The number of ether oxygens (including phenoxy) is 1. The largest absolute Gasteiger partial charge is 0.464 e. The fourth-order valence-corrected chi connectivity index (χ4v) is 1.68. The van der Waals surface area contributed by atoms with Gasteiger partial charge in [-0.3, -0.25) is 9.59 Å². The van der Waals surface area contributed by atoms with Gasteiger partial charge in [-0.15, -0.1) is 0 Å². The van der Waals surface area contributed by atoms with Crippen LogP contribution in [0.15, 0.2) is 24.3 Å². The van der Waals surface area contributed by atoms with Crippen LogP contribution in [-0.4, -0.2) is 44.0 Å². The van der Waals surface area contributed by atoms with Crippen molar-refractivity contribution in [3.63, 3.8) is 0 Å². The van der Waals surface area contributed by atoms with E-state index >= 15 is 0 Å². The molecule has 7 heteroatoms. The lowest BCUT2D eigenvalue weighted by Gasteiger charge is -2.13. The Labute approximate surface area is 129 Å². The third kappa shape index (κ3) is 5.53. The fourth-order valence-electron chi connectivity index (χ4n) is 1.68. The molecule has 0 spiro atoms. The second-order valence-corrected chi connectivity index (χ2v) is 4.60. The van der Waals surface area contributed by atoms with E-state index in [2.05, 4.69) is 16.0 Å². The predicted octanol–water partition coefficient (Wildman–Crippen LogP) is 0.526. The van der Waals surface area contributed by atoms with Gasteiger partial charge < -0.3 is 20.7 Å². The van der Waals surface area contributed by atoms with Gasteiger partial charge in [0.25, 0.3) is 5.91 Å². The Morgan fingerprint density at radius 2 is 1.82 bits per heavy atom. The van der Waals surface area contributed by atoms with Crippen LogP contribution in [0.5, 0.6) is 0 Å². The van der Waals surface area contributed by atoms with Gasteiger partial charge in [0, 0.05) is 11.3 Å². The molecule has 0 fully saturated rings. The first-order valence-electron chi connectivity index (χ1n) is 7.00. The molecule has 1 unspecified atom stereocenters. The average molecular weight is 307 g/mol. The lowest BCUT2D eigenvalue weighted by atomic mass is 10.2. The van der Waals surface area contributed by atoms with E-state index in [-0.39, 0.29) is 25.0 Å². The number of hydrogen-bond donors (Lipinski definition) is 3. The summed E-state index contributed by atoms with van der Waals surface area (Å²) in [4.78, 5) is 34.8. The van der Waals surface area contributed by atoms with E-state index < -0.39 is 12.0 Å². The predicted molar refractivity (Wildman–Crippen MR) is 82.6 cm³/mol. The fraction of sp³-hybridized carbons (Fsp3) is 0.400. The zero-order valence-corrected chi connectivity index (χ0v) is 12.9. The molecule has 22 heavy (non-hydrogen) atoms. The third-order valence-electron chi connectivity index (χ3n) is 2.76. The minimum absolute atomic E-state index is 0.171. The number of carbonyl (C=O) groups excluding carboxylic acids is 3. The molecule has 0 aliphatic carbocycles. The summed E-state index contributed by atoms with van der Waals surface area (Å²) in [7, 11) is 1.68. The van der Waals surface area contributed by atoms with Gasteiger partial charge in [0.15, 0.2) is 0 Å². The summed E-state index contributed by atoms with van der Waals surface area (Å²) in [5.41, 5.74) is 0.984. The summed E-state index contributed by atoms with van der Waals surface area (Å²) < 4.78 is 4.82. The van der Waals surface area contributed by atoms with Crippen LogP contribution in [0.4, 0.5) is 5.69 Å². The molecule has 7 nitrogen and oxygen atoms in total. The van der Waals surface area contributed by atoms with Crippen molar-refractivity contribution in [2.75, 3.05) is 25.5 Å². The molecule has 1 aromatic carbocycles. The number of benzene rings is 1. The number of esters is 1. The van der Waals surface area contributed by atoms with Crippen molar-refractivity contribution in [1.82, 2.24) is 10.6 Å². The minimum atomic E-state index is -0.720. The van der Waals surface area contributed by atoms with Crippen LogP contribution in [0.2, 0.25) is 0 Å². The number of anilines is 1. The van der Waals surface area contributed by atoms with Crippen LogP contribution in [0.3, 0.4) is 0 Å². The molecule has 1 rings (SSSR count). The summed E-state index contributed by atoms with van der Waals surface area (Å²) >= 11 is 0. The molecule has 1 aromatic rings. The molecule has 3 N–H and O–H groups in total. The zero-order chi connectivity index (χ0) is 16.5. The number of rotatable bonds is 7. The van der Waals surface area contributed by atoms with Crippen molar-refractivity contribution in [1.29, 1.82) is 0 Å². The van der Waals surface area contributed by atoms with Gasteiger partial charge >= 0.3 is 5.97 Å². The first-order valence-corrected chi connectivity index (χ1v) is 7.00. The molecular weight excluding hydrogens is 286 g/mol. The van der Waals surface area contributed by atoms with Crippen LogP contribution in [0.25, 0.3) is 0 Å². The molecule has 0 aliphatic rings. The monoisotopic (exact) mass is 307 g/mol. The number of likely N-dealkylation sites (N-methyl/N-ethyl adjacent to an activating group) is 1. The third-order valence-corrected chi connectivity index (χ3v) is 2.76. The smallest absolute Gasteiger partial charge is 0.328 e. The normalized spacial score (nSPS) is 11.4. The van der Waals surface area contributed by atoms with Crippen LogP contribution in [0, 0.1) is 0 Å². The van der Waals surface area contributed by atoms with E-state index in [0.29, 0.717) is 11.3 Å². The van der Waals surface area contributed by atoms with Crippen molar-refractivity contribution >= 4 is 23.5 Å². The molecule has 120 valence electrons. The van der Waals surface area contributed by atoms with Crippen molar-refractivity contribution in [2.45, 2.75) is 19.9 Å². The number of amides is 2. The SMILES string of the molecule is CCOC(=O)C(C)NC(=O)c1ccc(NC(=O)CNC)cc1. The van der Waals surface area contributed by atoms with E-state index in [9.17, 15) is 14.4 Å². The topological polar surface area (TPSA) is 96.5 Å². The molecule has 0 aliphatic heterocycles. The average Bonchev–Trinajstić information content (AvgIpc) is 2.48. The van der Waals surface area contributed by atoms with Gasteiger partial charge in [-0.05, 0) is 45.2 Å². The lowest BCUT2D eigenvalue weighted by Crippen LogP contribution is -2.39. The van der Waals surface area contributed by atoms with E-state index in [1.54, 1.807) is 45.2 Å². The lowest BCUT2D eigenvalue weighted by molar-refractivity contribution is -0.144. The standard InChI is InChI=1S/C15H21N3O4/c1-4-22-15(21)10(2)17-14(20)11-5-7-12(8-6-11)18-13(19)9-16-3/h5-8,10,16H,4,9H2,1-3H3,(H,17,20)(H,18,19). The summed E-state index contributed by atoms with van der Waals surface area (Å²) in [6.45, 7) is 3.73. The maximum absolute atomic E-state index is 12.0.